The molecule has 0 radical (unpaired) electrons. The van der Waals surface area contributed by atoms with Gasteiger partial charge in [-0.2, -0.15) is 0 Å². The van der Waals surface area contributed by atoms with Crippen molar-refractivity contribution in [3.05, 3.63) is 57.2 Å². The average Bonchev–Trinajstić information content (AvgIpc) is 3.49. The van der Waals surface area contributed by atoms with Gasteiger partial charge in [-0.1, -0.05) is 18.2 Å². The Labute approximate surface area is 180 Å². The fourth-order valence-corrected chi connectivity index (χ4v) is 3.57. The Balaban J connectivity index is 1.51. The van der Waals surface area contributed by atoms with Crippen LogP contribution in [0, 0.1) is 17.4 Å². The van der Waals surface area contributed by atoms with Crippen LogP contribution in [-0.2, 0) is 9.59 Å². The van der Waals surface area contributed by atoms with E-state index in [1.807, 2.05) is 56.3 Å². The number of amides is 2. The number of anilines is 2. The number of rotatable bonds is 8. The first kappa shape index (κ1) is 20.8. The highest BCUT2D eigenvalue weighted by atomic mass is 127. The van der Waals surface area contributed by atoms with Crippen molar-refractivity contribution >= 4 is 45.8 Å². The first-order chi connectivity index (χ1) is 13.4. The Morgan fingerprint density at radius 1 is 1.00 bits per heavy atom. The molecule has 1 saturated carbocycles. The molecule has 3 rings (SSSR count). The highest BCUT2D eigenvalue weighted by Crippen LogP contribution is 2.27. The zero-order valence-corrected chi connectivity index (χ0v) is 18.5. The van der Waals surface area contributed by atoms with Crippen LogP contribution in [0.2, 0.25) is 0 Å². The summed E-state index contributed by atoms with van der Waals surface area (Å²) in [4.78, 5) is 27.0. The van der Waals surface area contributed by atoms with E-state index in [9.17, 15) is 9.59 Å². The first-order valence-electron chi connectivity index (χ1n) is 9.58. The number of carbonyl (C=O) groups is 2. The lowest BCUT2D eigenvalue weighted by molar-refractivity contribution is -0.119. The van der Waals surface area contributed by atoms with Crippen LogP contribution in [0.1, 0.15) is 30.4 Å². The zero-order valence-electron chi connectivity index (χ0n) is 16.3. The predicted octanol–water partition coefficient (Wildman–Crippen LogP) is 4.34. The van der Waals surface area contributed by atoms with Gasteiger partial charge in [0.05, 0.1) is 6.54 Å². The summed E-state index contributed by atoms with van der Waals surface area (Å²) in [6, 6.07) is 14.1. The number of carbonyl (C=O) groups excluding carboxylic acids is 2. The zero-order chi connectivity index (χ0) is 20.1. The number of hydrogen-bond acceptors (Lipinski definition) is 3. The van der Waals surface area contributed by atoms with Gasteiger partial charge >= 0.3 is 0 Å². The molecule has 148 valence electrons. The molecule has 0 aromatic heterocycles. The van der Waals surface area contributed by atoms with Crippen LogP contribution in [0.25, 0.3) is 0 Å². The molecule has 0 heterocycles. The summed E-state index contributed by atoms with van der Waals surface area (Å²) in [6.45, 7) is 4.89. The molecule has 2 N–H and O–H groups in total. The molecule has 0 spiro atoms. The summed E-state index contributed by atoms with van der Waals surface area (Å²) in [5.74, 6) is -0.0515. The Bertz CT molecular complexity index is 827. The van der Waals surface area contributed by atoms with Crippen molar-refractivity contribution < 1.29 is 9.59 Å². The number of para-hydroxylation sites is 1. The molecule has 1 fully saturated rings. The summed E-state index contributed by atoms with van der Waals surface area (Å²) >= 11 is 2.24. The van der Waals surface area contributed by atoms with Crippen molar-refractivity contribution in [1.82, 2.24) is 4.90 Å². The van der Waals surface area contributed by atoms with E-state index < -0.39 is 0 Å². The van der Waals surface area contributed by atoms with E-state index in [2.05, 4.69) is 38.1 Å². The van der Waals surface area contributed by atoms with Crippen molar-refractivity contribution in [2.45, 2.75) is 39.2 Å². The molecule has 0 aliphatic heterocycles. The highest BCUT2D eigenvalue weighted by molar-refractivity contribution is 14.1. The van der Waals surface area contributed by atoms with Crippen molar-refractivity contribution in [2.75, 3.05) is 23.7 Å². The van der Waals surface area contributed by atoms with Gasteiger partial charge in [-0.05, 0) is 84.7 Å². The lowest BCUT2D eigenvalue weighted by Gasteiger charge is -2.22. The van der Waals surface area contributed by atoms with E-state index in [-0.39, 0.29) is 11.8 Å². The number of hydrogen-bond donors (Lipinski definition) is 2. The SMILES string of the molecule is Cc1cccc(C)c1NC(=O)CN(CCC(=O)Nc1ccc(I)cc1)C1CC1. The molecular formula is C22H26IN3O2. The van der Waals surface area contributed by atoms with E-state index in [1.165, 1.54) is 0 Å². The topological polar surface area (TPSA) is 61.4 Å². The lowest BCUT2D eigenvalue weighted by atomic mass is 10.1. The number of nitrogens with zero attached hydrogens (tertiary/aromatic N) is 1. The largest absolute Gasteiger partial charge is 0.326 e. The smallest absolute Gasteiger partial charge is 0.238 e. The van der Waals surface area contributed by atoms with Crippen molar-refractivity contribution in [3.63, 3.8) is 0 Å². The predicted molar refractivity (Wildman–Crippen MR) is 122 cm³/mol. The van der Waals surface area contributed by atoms with Crippen LogP contribution in [0.3, 0.4) is 0 Å². The number of benzene rings is 2. The van der Waals surface area contributed by atoms with Gasteiger partial charge in [0.15, 0.2) is 0 Å². The minimum Gasteiger partial charge on any atom is -0.326 e. The molecule has 6 heteroatoms. The van der Waals surface area contributed by atoms with Crippen LogP contribution in [0.5, 0.6) is 0 Å². The summed E-state index contributed by atoms with van der Waals surface area (Å²) in [7, 11) is 0. The summed E-state index contributed by atoms with van der Waals surface area (Å²) < 4.78 is 1.13. The maximum absolute atomic E-state index is 12.6. The molecule has 1 aliphatic carbocycles. The second-order valence-electron chi connectivity index (χ2n) is 7.32. The lowest BCUT2D eigenvalue weighted by Crippen LogP contribution is -2.37. The minimum atomic E-state index is -0.0259. The molecular weight excluding hydrogens is 465 g/mol. The fourth-order valence-electron chi connectivity index (χ4n) is 3.21. The third-order valence-electron chi connectivity index (χ3n) is 4.91. The fraction of sp³-hybridized carbons (Fsp3) is 0.364. The third-order valence-corrected chi connectivity index (χ3v) is 5.63. The molecule has 1 aliphatic rings. The normalized spacial score (nSPS) is 13.4. The molecule has 2 aromatic rings. The van der Waals surface area contributed by atoms with E-state index in [1.54, 1.807) is 0 Å². The molecule has 2 aromatic carbocycles. The minimum absolute atomic E-state index is 0.0256. The second-order valence-corrected chi connectivity index (χ2v) is 8.57. The van der Waals surface area contributed by atoms with Crippen molar-refractivity contribution in [1.29, 1.82) is 0 Å². The van der Waals surface area contributed by atoms with Gasteiger partial charge in [0.2, 0.25) is 11.8 Å². The number of aryl methyl sites for hydroxylation is 2. The van der Waals surface area contributed by atoms with Gasteiger partial charge in [-0.3, -0.25) is 14.5 Å². The van der Waals surface area contributed by atoms with Gasteiger partial charge in [-0.25, -0.2) is 0 Å². The summed E-state index contributed by atoms with van der Waals surface area (Å²) in [5, 5.41) is 5.96. The van der Waals surface area contributed by atoms with Crippen LogP contribution in [0.4, 0.5) is 11.4 Å². The van der Waals surface area contributed by atoms with Crippen LogP contribution in [0.15, 0.2) is 42.5 Å². The van der Waals surface area contributed by atoms with Gasteiger partial charge in [0.1, 0.15) is 0 Å². The highest BCUT2D eigenvalue weighted by Gasteiger charge is 2.30. The third kappa shape index (κ3) is 6.04. The van der Waals surface area contributed by atoms with E-state index in [4.69, 9.17) is 0 Å². The molecule has 0 saturated heterocycles. The quantitative estimate of drug-likeness (QED) is 0.541. The van der Waals surface area contributed by atoms with Crippen molar-refractivity contribution in [2.24, 2.45) is 0 Å². The van der Waals surface area contributed by atoms with Gasteiger partial charge < -0.3 is 10.6 Å². The molecule has 0 atom stereocenters. The molecule has 28 heavy (non-hydrogen) atoms. The number of nitrogens with one attached hydrogen (secondary N) is 2. The monoisotopic (exact) mass is 491 g/mol. The van der Waals surface area contributed by atoms with Gasteiger partial charge in [0.25, 0.3) is 0 Å². The maximum Gasteiger partial charge on any atom is 0.238 e. The maximum atomic E-state index is 12.6. The Morgan fingerprint density at radius 2 is 1.64 bits per heavy atom. The van der Waals surface area contributed by atoms with Crippen LogP contribution in [-0.4, -0.2) is 35.8 Å². The van der Waals surface area contributed by atoms with Gasteiger partial charge in [-0.15, -0.1) is 0 Å². The Morgan fingerprint density at radius 3 is 2.25 bits per heavy atom. The average molecular weight is 491 g/mol. The van der Waals surface area contributed by atoms with E-state index in [0.29, 0.717) is 25.6 Å². The summed E-state index contributed by atoms with van der Waals surface area (Å²) in [5.41, 5.74) is 3.81. The second kappa shape index (κ2) is 9.52. The standard InChI is InChI=1S/C22H26IN3O2/c1-15-4-3-5-16(2)22(15)25-21(28)14-26(19-10-11-19)13-12-20(27)24-18-8-6-17(23)7-9-18/h3-9,19H,10-14H2,1-2H3,(H,24,27)(H,25,28). The van der Waals surface area contributed by atoms with Crippen molar-refractivity contribution in [3.8, 4) is 0 Å². The molecule has 2 amide bonds. The molecule has 0 bridgehead atoms. The van der Waals surface area contributed by atoms with Gasteiger partial charge in [0, 0.05) is 34.0 Å². The van der Waals surface area contributed by atoms with E-state index in [0.717, 1.165) is 38.9 Å². The van der Waals surface area contributed by atoms with E-state index >= 15 is 0 Å². The summed E-state index contributed by atoms with van der Waals surface area (Å²) in [6.07, 6.45) is 2.56. The molecule has 0 unspecified atom stereocenters. The molecule has 5 nitrogen and oxygen atoms in total. The Hall–Kier alpha value is -1.93. The van der Waals surface area contributed by atoms with Crippen LogP contribution >= 0.6 is 22.6 Å². The Kier molecular flexibility index (Phi) is 7.07. The van der Waals surface area contributed by atoms with Crippen LogP contribution < -0.4 is 10.6 Å². The number of halogens is 1. The first-order valence-corrected chi connectivity index (χ1v) is 10.7.